The van der Waals surface area contributed by atoms with E-state index in [4.69, 9.17) is 0 Å². The molecule has 22 heavy (non-hydrogen) atoms. The normalized spacial score (nSPS) is 17.5. The first kappa shape index (κ1) is 16.6. The van der Waals surface area contributed by atoms with Crippen LogP contribution in [0.2, 0.25) is 0 Å². The summed E-state index contributed by atoms with van der Waals surface area (Å²) < 4.78 is 0. The first-order valence-electron chi connectivity index (χ1n) is 7.73. The van der Waals surface area contributed by atoms with Crippen molar-refractivity contribution in [2.75, 3.05) is 19.0 Å². The monoisotopic (exact) mass is 310 g/mol. The minimum atomic E-state index is 0.00896. The van der Waals surface area contributed by atoms with Crippen LogP contribution in [0, 0.1) is 0 Å². The van der Waals surface area contributed by atoms with Crippen molar-refractivity contribution in [1.29, 1.82) is 0 Å². The molecule has 0 fully saturated rings. The molecular weight excluding hydrogens is 287 g/mol. The lowest BCUT2D eigenvalue weighted by atomic mass is 10.0. The third-order valence-electron chi connectivity index (χ3n) is 3.42. The van der Waals surface area contributed by atoms with Crippen LogP contribution in [0.3, 0.4) is 0 Å². The second kappa shape index (κ2) is 8.60. The molecule has 0 amide bonds. The Bertz CT molecular complexity index is 633. The number of rotatable bonds is 2. The van der Waals surface area contributed by atoms with Gasteiger partial charge in [-0.25, -0.2) is 0 Å². The van der Waals surface area contributed by atoms with Gasteiger partial charge in [-0.1, -0.05) is 38.1 Å². The maximum Gasteiger partial charge on any atom is 0.0346 e. The Morgan fingerprint density at radius 3 is 2.18 bits per heavy atom. The summed E-state index contributed by atoms with van der Waals surface area (Å²) >= 11 is 0. The van der Waals surface area contributed by atoms with E-state index in [1.165, 1.54) is 28.4 Å². The number of hydrogen-bond donors (Lipinski definition) is 0. The lowest BCUT2D eigenvalue weighted by Crippen LogP contribution is -1.91. The van der Waals surface area contributed by atoms with Gasteiger partial charge >= 0.3 is 0 Å². The molecule has 0 N–H and O–H groups in total. The van der Waals surface area contributed by atoms with Crippen molar-refractivity contribution >= 4 is 19.1 Å². The fourth-order valence-electron chi connectivity index (χ4n) is 2.36. The van der Waals surface area contributed by atoms with Gasteiger partial charge in [-0.3, -0.25) is 9.97 Å². The van der Waals surface area contributed by atoms with Gasteiger partial charge in [0.1, 0.15) is 0 Å². The molecule has 3 heteroatoms. The third-order valence-corrected chi connectivity index (χ3v) is 5.11. The van der Waals surface area contributed by atoms with E-state index in [2.05, 4.69) is 40.9 Å². The second-order valence-corrected chi connectivity index (χ2v) is 7.40. The summed E-state index contributed by atoms with van der Waals surface area (Å²) in [6, 6.07) is 8.27. The van der Waals surface area contributed by atoms with Crippen molar-refractivity contribution in [3.8, 4) is 0 Å². The van der Waals surface area contributed by atoms with Gasteiger partial charge in [0, 0.05) is 24.8 Å². The smallest absolute Gasteiger partial charge is 0.0346 e. The Morgan fingerprint density at radius 2 is 1.59 bits per heavy atom. The molecule has 2 aromatic rings. The molecule has 3 rings (SSSR count). The highest BCUT2D eigenvalue weighted by Gasteiger charge is 2.12. The predicted octanol–water partition coefficient (Wildman–Crippen LogP) is 5.10. The standard InChI is InChI=1S/C17H17N2P.C2H6/c1-20-9-6-14(15-4-2-7-18-11-15)10-17(13-20)16-5-3-8-19-12-16;1-2/h2-8,10-12H,9,13H2,1H3;1-2H3. The maximum absolute atomic E-state index is 4.25. The van der Waals surface area contributed by atoms with Crippen LogP contribution < -0.4 is 0 Å². The Balaban J connectivity index is 0.000000847. The number of aromatic nitrogens is 2. The zero-order valence-electron chi connectivity index (χ0n) is 13.5. The van der Waals surface area contributed by atoms with Crippen LogP contribution in [-0.4, -0.2) is 29.0 Å². The van der Waals surface area contributed by atoms with E-state index >= 15 is 0 Å². The molecule has 1 aliphatic rings. The molecule has 0 saturated carbocycles. The van der Waals surface area contributed by atoms with Crippen molar-refractivity contribution in [3.05, 3.63) is 72.3 Å². The van der Waals surface area contributed by atoms with Gasteiger partial charge in [-0.15, -0.1) is 7.92 Å². The first-order valence-corrected chi connectivity index (χ1v) is 9.89. The summed E-state index contributed by atoms with van der Waals surface area (Å²) in [5, 5.41) is 0. The Kier molecular flexibility index (Phi) is 6.48. The maximum atomic E-state index is 4.25. The van der Waals surface area contributed by atoms with E-state index in [0.29, 0.717) is 0 Å². The van der Waals surface area contributed by atoms with Crippen LogP contribution in [0.5, 0.6) is 0 Å². The second-order valence-electron chi connectivity index (χ2n) is 5.01. The molecule has 0 radical (unpaired) electrons. The molecule has 2 aromatic heterocycles. The van der Waals surface area contributed by atoms with Crippen LogP contribution >= 0.6 is 7.92 Å². The van der Waals surface area contributed by atoms with E-state index in [0.717, 1.165) is 6.16 Å². The van der Waals surface area contributed by atoms with E-state index in [-0.39, 0.29) is 7.92 Å². The zero-order valence-corrected chi connectivity index (χ0v) is 14.4. The van der Waals surface area contributed by atoms with Crippen LogP contribution in [0.1, 0.15) is 25.0 Å². The van der Waals surface area contributed by atoms with Gasteiger partial charge in [0.25, 0.3) is 0 Å². The summed E-state index contributed by atoms with van der Waals surface area (Å²) in [4.78, 5) is 8.48. The Hall–Kier alpha value is -1.79. The van der Waals surface area contributed by atoms with Gasteiger partial charge < -0.3 is 0 Å². The molecule has 1 atom stereocenters. The molecule has 2 nitrogen and oxygen atoms in total. The molecular formula is C19H23N2P. The van der Waals surface area contributed by atoms with E-state index in [1.807, 2.05) is 50.8 Å². The molecule has 1 unspecified atom stereocenters. The molecule has 0 saturated heterocycles. The summed E-state index contributed by atoms with van der Waals surface area (Å²) in [5.74, 6) is 0. The van der Waals surface area contributed by atoms with Crippen molar-refractivity contribution in [2.24, 2.45) is 0 Å². The fourth-order valence-corrected chi connectivity index (χ4v) is 3.86. The average molecular weight is 310 g/mol. The molecule has 0 bridgehead atoms. The van der Waals surface area contributed by atoms with E-state index in [1.54, 1.807) is 0 Å². The highest BCUT2D eigenvalue weighted by Crippen LogP contribution is 2.40. The van der Waals surface area contributed by atoms with Crippen LogP contribution in [0.4, 0.5) is 0 Å². The minimum absolute atomic E-state index is 0.00896. The molecule has 114 valence electrons. The van der Waals surface area contributed by atoms with Crippen molar-refractivity contribution < 1.29 is 0 Å². The number of pyridine rings is 2. The molecule has 3 heterocycles. The van der Waals surface area contributed by atoms with Gasteiger partial charge in [0.15, 0.2) is 0 Å². The van der Waals surface area contributed by atoms with Gasteiger partial charge in [0.2, 0.25) is 0 Å². The molecule has 1 aliphatic heterocycles. The Morgan fingerprint density at radius 1 is 0.955 bits per heavy atom. The number of allylic oxidation sites excluding steroid dienone is 4. The lowest BCUT2D eigenvalue weighted by Gasteiger charge is -2.11. The Labute approximate surface area is 134 Å². The lowest BCUT2D eigenvalue weighted by molar-refractivity contribution is 1.30. The quantitative estimate of drug-likeness (QED) is 0.722. The highest BCUT2D eigenvalue weighted by atomic mass is 31.1. The number of hydrogen-bond acceptors (Lipinski definition) is 2. The fraction of sp³-hybridized carbons (Fsp3) is 0.263. The number of nitrogens with zero attached hydrogens (tertiary/aromatic N) is 2. The summed E-state index contributed by atoms with van der Waals surface area (Å²) in [7, 11) is 0.00896. The van der Waals surface area contributed by atoms with Crippen LogP contribution in [-0.2, 0) is 0 Å². The zero-order chi connectivity index (χ0) is 15.8. The van der Waals surface area contributed by atoms with Crippen molar-refractivity contribution in [2.45, 2.75) is 13.8 Å². The van der Waals surface area contributed by atoms with Crippen LogP contribution in [0.15, 0.2) is 61.2 Å². The SMILES string of the molecule is CC.CP1CC=C(c2cccnc2)C=C(c2cccnc2)C1. The summed E-state index contributed by atoms with van der Waals surface area (Å²) in [6.45, 7) is 6.36. The largest absolute Gasteiger partial charge is 0.264 e. The van der Waals surface area contributed by atoms with E-state index < -0.39 is 0 Å². The average Bonchev–Trinajstić information content (AvgIpc) is 2.80. The molecule has 0 aliphatic carbocycles. The van der Waals surface area contributed by atoms with Crippen molar-refractivity contribution in [3.63, 3.8) is 0 Å². The third kappa shape index (κ3) is 4.35. The van der Waals surface area contributed by atoms with Crippen molar-refractivity contribution in [1.82, 2.24) is 9.97 Å². The van der Waals surface area contributed by atoms with Gasteiger partial charge in [-0.2, -0.15) is 0 Å². The van der Waals surface area contributed by atoms with Gasteiger partial charge in [-0.05, 0) is 53.4 Å². The van der Waals surface area contributed by atoms with Crippen LogP contribution in [0.25, 0.3) is 11.1 Å². The summed E-state index contributed by atoms with van der Waals surface area (Å²) in [6.07, 6.45) is 14.5. The highest BCUT2D eigenvalue weighted by molar-refractivity contribution is 7.57. The van der Waals surface area contributed by atoms with Gasteiger partial charge in [0.05, 0.1) is 0 Å². The topological polar surface area (TPSA) is 25.8 Å². The molecule has 0 spiro atoms. The van der Waals surface area contributed by atoms with E-state index in [9.17, 15) is 0 Å². The minimum Gasteiger partial charge on any atom is -0.264 e. The molecule has 0 aromatic carbocycles. The summed E-state index contributed by atoms with van der Waals surface area (Å²) in [5.41, 5.74) is 5.10. The first-order chi connectivity index (χ1) is 10.8. The predicted molar refractivity (Wildman–Crippen MR) is 98.4 cm³/mol.